The van der Waals surface area contributed by atoms with E-state index < -0.39 is 5.82 Å². The number of phenols is 1. The Morgan fingerprint density at radius 3 is 2.59 bits per heavy atom. The Bertz CT molecular complexity index is 523. The van der Waals surface area contributed by atoms with Crippen LogP contribution in [0.4, 0.5) is 10.2 Å². The first-order valence-electron chi connectivity index (χ1n) is 4.89. The highest BCUT2D eigenvalue weighted by Crippen LogP contribution is 2.35. The van der Waals surface area contributed by atoms with Gasteiger partial charge in [0.1, 0.15) is 28.8 Å². The van der Waals surface area contributed by atoms with Gasteiger partial charge in [-0.1, -0.05) is 0 Å². The Morgan fingerprint density at radius 2 is 2.12 bits per heavy atom. The summed E-state index contributed by atoms with van der Waals surface area (Å²) in [6.07, 6.45) is 0. The number of benzene rings is 1. The van der Waals surface area contributed by atoms with Crippen LogP contribution in [0.5, 0.6) is 11.5 Å². The molecule has 0 saturated carbocycles. The fraction of sp³-hybridized carbons (Fsp3) is 0.182. The van der Waals surface area contributed by atoms with Crippen molar-refractivity contribution in [2.75, 3.05) is 12.8 Å². The van der Waals surface area contributed by atoms with Crippen LogP contribution in [0.3, 0.4) is 0 Å². The highest BCUT2D eigenvalue weighted by atomic mass is 19.1. The maximum Gasteiger partial charge on any atom is 0.140 e. The average molecular weight is 237 g/mol. The molecule has 2 rings (SSSR count). The molecule has 2 aromatic rings. The number of hydrogen-bond donors (Lipinski definition) is 2. The summed E-state index contributed by atoms with van der Waals surface area (Å²) in [5.41, 5.74) is 5.90. The normalized spacial score (nSPS) is 10.5. The standard InChI is InChI=1S/C11H12FN3O2/c1-15-10(13)5-8(14-15)11-7(12)3-6(17-2)4-9(11)16/h3-5,16H,13H2,1-2H3. The summed E-state index contributed by atoms with van der Waals surface area (Å²) in [7, 11) is 3.03. The number of aromatic nitrogens is 2. The van der Waals surface area contributed by atoms with E-state index in [1.165, 1.54) is 30.0 Å². The van der Waals surface area contributed by atoms with Crippen LogP contribution in [0, 0.1) is 5.82 Å². The fourth-order valence-electron chi connectivity index (χ4n) is 1.54. The Hall–Kier alpha value is -2.24. The number of ether oxygens (including phenoxy) is 1. The third-order valence-corrected chi connectivity index (χ3v) is 2.45. The average Bonchev–Trinajstić information content (AvgIpc) is 2.57. The van der Waals surface area contributed by atoms with Crippen LogP contribution in [0.1, 0.15) is 0 Å². The van der Waals surface area contributed by atoms with E-state index in [1.54, 1.807) is 7.05 Å². The van der Waals surface area contributed by atoms with E-state index in [2.05, 4.69) is 5.10 Å². The second kappa shape index (κ2) is 3.97. The number of phenolic OH excluding ortho intramolecular Hbond substituents is 1. The van der Waals surface area contributed by atoms with Crippen LogP contribution >= 0.6 is 0 Å². The van der Waals surface area contributed by atoms with Crippen LogP contribution in [-0.2, 0) is 7.05 Å². The van der Waals surface area contributed by atoms with Crippen LogP contribution in [-0.4, -0.2) is 22.0 Å². The predicted octanol–water partition coefficient (Wildman–Crippen LogP) is 1.52. The van der Waals surface area contributed by atoms with Crippen molar-refractivity contribution in [3.05, 3.63) is 24.0 Å². The van der Waals surface area contributed by atoms with Crippen LogP contribution in [0.25, 0.3) is 11.3 Å². The maximum atomic E-state index is 13.8. The zero-order chi connectivity index (χ0) is 12.6. The molecule has 0 aliphatic heterocycles. The van der Waals surface area contributed by atoms with E-state index in [-0.39, 0.29) is 22.8 Å². The first-order valence-corrected chi connectivity index (χ1v) is 4.89. The second-order valence-corrected chi connectivity index (χ2v) is 3.58. The largest absolute Gasteiger partial charge is 0.507 e. The molecule has 0 radical (unpaired) electrons. The third-order valence-electron chi connectivity index (χ3n) is 2.45. The van der Waals surface area contributed by atoms with E-state index in [9.17, 15) is 9.50 Å². The highest BCUT2D eigenvalue weighted by molar-refractivity contribution is 5.70. The van der Waals surface area contributed by atoms with Gasteiger partial charge in [0.15, 0.2) is 0 Å². The van der Waals surface area contributed by atoms with Crippen molar-refractivity contribution in [1.29, 1.82) is 0 Å². The van der Waals surface area contributed by atoms with Gasteiger partial charge in [-0.15, -0.1) is 0 Å². The van der Waals surface area contributed by atoms with Crippen LogP contribution in [0.2, 0.25) is 0 Å². The van der Waals surface area contributed by atoms with Gasteiger partial charge in [0, 0.05) is 25.2 Å². The van der Waals surface area contributed by atoms with Crippen molar-refractivity contribution >= 4 is 5.82 Å². The number of nitrogens with zero attached hydrogens (tertiary/aromatic N) is 2. The molecule has 0 atom stereocenters. The Balaban J connectivity index is 2.59. The summed E-state index contributed by atoms with van der Waals surface area (Å²) in [5.74, 6) is -0.220. The second-order valence-electron chi connectivity index (χ2n) is 3.58. The number of anilines is 1. The molecule has 0 bridgehead atoms. The van der Waals surface area contributed by atoms with Gasteiger partial charge in [-0.2, -0.15) is 5.10 Å². The van der Waals surface area contributed by atoms with E-state index in [0.717, 1.165) is 0 Å². The SMILES string of the molecule is COc1cc(O)c(-c2cc(N)n(C)n2)c(F)c1. The zero-order valence-electron chi connectivity index (χ0n) is 9.44. The first kappa shape index (κ1) is 11.3. The van der Waals surface area contributed by atoms with Gasteiger partial charge in [0.05, 0.1) is 12.7 Å². The molecular formula is C11H12FN3O2. The van der Waals surface area contributed by atoms with Gasteiger partial charge in [0.2, 0.25) is 0 Å². The number of hydrogen-bond acceptors (Lipinski definition) is 4. The molecule has 5 nitrogen and oxygen atoms in total. The van der Waals surface area contributed by atoms with Gasteiger partial charge >= 0.3 is 0 Å². The molecule has 17 heavy (non-hydrogen) atoms. The molecule has 0 aliphatic carbocycles. The van der Waals surface area contributed by atoms with Crippen LogP contribution in [0.15, 0.2) is 18.2 Å². The molecule has 90 valence electrons. The van der Waals surface area contributed by atoms with E-state index in [0.29, 0.717) is 5.82 Å². The lowest BCUT2D eigenvalue weighted by atomic mass is 10.1. The fourth-order valence-corrected chi connectivity index (χ4v) is 1.54. The molecular weight excluding hydrogens is 225 g/mol. The minimum absolute atomic E-state index is 0.0121. The number of halogens is 1. The first-order chi connectivity index (χ1) is 8.02. The smallest absolute Gasteiger partial charge is 0.140 e. The maximum absolute atomic E-state index is 13.8. The monoisotopic (exact) mass is 237 g/mol. The van der Waals surface area contributed by atoms with E-state index in [4.69, 9.17) is 10.5 Å². The lowest BCUT2D eigenvalue weighted by Crippen LogP contribution is -1.97. The highest BCUT2D eigenvalue weighted by Gasteiger charge is 2.16. The quantitative estimate of drug-likeness (QED) is 0.830. The third kappa shape index (κ3) is 1.89. The lowest BCUT2D eigenvalue weighted by molar-refractivity contribution is 0.403. The molecule has 0 amide bonds. The van der Waals surface area contributed by atoms with Crippen molar-refractivity contribution in [2.45, 2.75) is 0 Å². The molecule has 1 heterocycles. The summed E-state index contributed by atoms with van der Waals surface area (Å²) in [6.45, 7) is 0. The molecule has 6 heteroatoms. The molecule has 0 spiro atoms. The van der Waals surface area contributed by atoms with Crippen molar-refractivity contribution in [1.82, 2.24) is 9.78 Å². The summed E-state index contributed by atoms with van der Waals surface area (Å²) in [4.78, 5) is 0. The van der Waals surface area contributed by atoms with Crippen molar-refractivity contribution in [3.8, 4) is 22.8 Å². The molecule has 1 aromatic carbocycles. The number of methoxy groups -OCH3 is 1. The molecule has 1 aromatic heterocycles. The topological polar surface area (TPSA) is 73.3 Å². The van der Waals surface area contributed by atoms with Crippen molar-refractivity contribution < 1.29 is 14.2 Å². The molecule has 0 aliphatic rings. The van der Waals surface area contributed by atoms with Gasteiger partial charge in [-0.25, -0.2) is 4.39 Å². The summed E-state index contributed by atoms with van der Waals surface area (Å²) < 4.78 is 20.0. The van der Waals surface area contributed by atoms with E-state index >= 15 is 0 Å². The molecule has 3 N–H and O–H groups in total. The minimum Gasteiger partial charge on any atom is -0.507 e. The number of aryl methyl sites for hydroxylation is 1. The van der Waals surface area contributed by atoms with Gasteiger partial charge < -0.3 is 15.6 Å². The summed E-state index contributed by atoms with van der Waals surface area (Å²) in [6, 6.07) is 3.99. The van der Waals surface area contributed by atoms with Crippen molar-refractivity contribution in [3.63, 3.8) is 0 Å². The van der Waals surface area contributed by atoms with Gasteiger partial charge in [0.25, 0.3) is 0 Å². The lowest BCUT2D eigenvalue weighted by Gasteiger charge is -2.06. The Labute approximate surface area is 97.2 Å². The van der Waals surface area contributed by atoms with Crippen LogP contribution < -0.4 is 10.5 Å². The van der Waals surface area contributed by atoms with Crippen molar-refractivity contribution in [2.24, 2.45) is 7.05 Å². The number of nitrogens with two attached hydrogens (primary N) is 1. The summed E-state index contributed by atoms with van der Waals surface area (Å²) >= 11 is 0. The number of nitrogen functional groups attached to an aromatic ring is 1. The van der Waals surface area contributed by atoms with Gasteiger partial charge in [-0.3, -0.25) is 4.68 Å². The zero-order valence-corrected chi connectivity index (χ0v) is 9.44. The Morgan fingerprint density at radius 1 is 1.41 bits per heavy atom. The number of aromatic hydroxyl groups is 1. The molecule has 0 saturated heterocycles. The predicted molar refractivity (Wildman–Crippen MR) is 61.2 cm³/mol. The van der Waals surface area contributed by atoms with Gasteiger partial charge in [-0.05, 0) is 0 Å². The molecule has 0 fully saturated rings. The summed E-state index contributed by atoms with van der Waals surface area (Å²) in [5, 5.41) is 13.8. The minimum atomic E-state index is -0.611. The number of rotatable bonds is 2. The van der Waals surface area contributed by atoms with E-state index in [1.807, 2.05) is 0 Å². The molecule has 0 unspecified atom stereocenters. The Kier molecular flexibility index (Phi) is 2.63.